The molecule has 1 heterocycles. The number of hydrogen-bond donors (Lipinski definition) is 1. The Hall–Kier alpha value is -1.89. The van der Waals surface area contributed by atoms with Crippen LogP contribution in [0, 0.1) is 5.82 Å². The molecule has 0 saturated heterocycles. The molecular weight excluding hydrogens is 351 g/mol. The fourth-order valence-electron chi connectivity index (χ4n) is 3.22. The first kappa shape index (κ1) is 18.9. The van der Waals surface area contributed by atoms with Gasteiger partial charge in [-0.15, -0.1) is 10.2 Å². The Morgan fingerprint density at radius 1 is 1.19 bits per heavy atom. The van der Waals surface area contributed by atoms with E-state index in [9.17, 15) is 9.18 Å². The van der Waals surface area contributed by atoms with Gasteiger partial charge in [-0.25, -0.2) is 4.39 Å². The van der Waals surface area contributed by atoms with E-state index in [0.717, 1.165) is 18.4 Å². The van der Waals surface area contributed by atoms with Gasteiger partial charge in [0.1, 0.15) is 5.82 Å². The highest BCUT2D eigenvalue weighted by Crippen LogP contribution is 2.26. The molecule has 26 heavy (non-hydrogen) atoms. The van der Waals surface area contributed by atoms with Gasteiger partial charge < -0.3 is 9.88 Å². The minimum absolute atomic E-state index is 0.0493. The monoisotopic (exact) mass is 376 g/mol. The summed E-state index contributed by atoms with van der Waals surface area (Å²) >= 11 is 1.39. The van der Waals surface area contributed by atoms with Crippen molar-refractivity contribution in [2.24, 2.45) is 7.05 Å². The lowest BCUT2D eigenvalue weighted by Crippen LogP contribution is -2.39. The Morgan fingerprint density at radius 3 is 2.50 bits per heavy atom. The van der Waals surface area contributed by atoms with E-state index in [1.54, 1.807) is 12.1 Å². The van der Waals surface area contributed by atoms with E-state index >= 15 is 0 Å². The molecule has 0 radical (unpaired) electrons. The van der Waals surface area contributed by atoms with Gasteiger partial charge in [0, 0.05) is 18.7 Å². The van der Waals surface area contributed by atoms with Gasteiger partial charge >= 0.3 is 0 Å². The van der Waals surface area contributed by atoms with Crippen molar-refractivity contribution in [3.63, 3.8) is 0 Å². The van der Waals surface area contributed by atoms with Crippen LogP contribution < -0.4 is 5.32 Å². The first-order valence-corrected chi connectivity index (χ1v) is 10.0. The van der Waals surface area contributed by atoms with Crippen LogP contribution >= 0.6 is 11.8 Å². The molecule has 140 valence electrons. The maximum absolute atomic E-state index is 13.1. The molecule has 1 amide bonds. The van der Waals surface area contributed by atoms with Crippen LogP contribution in [-0.4, -0.2) is 32.0 Å². The summed E-state index contributed by atoms with van der Waals surface area (Å²) < 4.78 is 14.9. The van der Waals surface area contributed by atoms with E-state index in [1.807, 2.05) is 18.5 Å². The molecule has 1 atom stereocenters. The molecule has 1 fully saturated rings. The molecule has 1 N–H and O–H groups in total. The van der Waals surface area contributed by atoms with Gasteiger partial charge in [0.2, 0.25) is 5.91 Å². The molecule has 1 aliphatic rings. The summed E-state index contributed by atoms with van der Waals surface area (Å²) in [4.78, 5) is 12.5. The maximum Gasteiger partial charge on any atom is 0.233 e. The van der Waals surface area contributed by atoms with Crippen LogP contribution in [-0.2, 0) is 11.8 Å². The van der Waals surface area contributed by atoms with Gasteiger partial charge in [0.05, 0.1) is 5.25 Å². The number of halogens is 1. The smallest absolute Gasteiger partial charge is 0.233 e. The summed E-state index contributed by atoms with van der Waals surface area (Å²) in [6.45, 7) is 1.89. The summed E-state index contributed by atoms with van der Waals surface area (Å²) in [5.41, 5.74) is 0.795. The maximum atomic E-state index is 13.1. The molecule has 0 aliphatic heterocycles. The normalized spacial score (nSPS) is 16.9. The topological polar surface area (TPSA) is 59.8 Å². The van der Waals surface area contributed by atoms with E-state index in [0.29, 0.717) is 17.0 Å². The van der Waals surface area contributed by atoms with Gasteiger partial charge in [-0.3, -0.25) is 4.79 Å². The molecule has 1 aromatic heterocycles. The Bertz CT molecular complexity index is 738. The summed E-state index contributed by atoms with van der Waals surface area (Å²) in [7, 11) is 1.86. The minimum atomic E-state index is -0.283. The Kier molecular flexibility index (Phi) is 6.29. The van der Waals surface area contributed by atoms with Crippen LogP contribution in [0.15, 0.2) is 29.4 Å². The second-order valence-corrected chi connectivity index (χ2v) is 8.14. The number of hydrogen-bond acceptors (Lipinski definition) is 4. The van der Waals surface area contributed by atoms with Crippen molar-refractivity contribution < 1.29 is 9.18 Å². The number of nitrogens with one attached hydrogen (secondary N) is 1. The van der Waals surface area contributed by atoms with E-state index in [-0.39, 0.29) is 17.0 Å². The fraction of sp³-hybridized carbons (Fsp3) is 0.526. The highest BCUT2D eigenvalue weighted by Gasteiger charge is 2.22. The van der Waals surface area contributed by atoms with Crippen molar-refractivity contribution in [3.05, 3.63) is 30.1 Å². The SMILES string of the molecule is C[C@@H](Sc1nnc(-c2ccc(F)cc2)n1C)C(=O)NC1CCCCCC1. The second-order valence-electron chi connectivity index (χ2n) is 6.83. The number of nitrogens with zero attached hydrogens (tertiary/aromatic N) is 3. The fourth-order valence-corrected chi connectivity index (χ4v) is 4.05. The average Bonchev–Trinajstić information content (AvgIpc) is 2.83. The molecule has 0 spiro atoms. The largest absolute Gasteiger partial charge is 0.352 e. The van der Waals surface area contributed by atoms with Crippen molar-refractivity contribution in [3.8, 4) is 11.4 Å². The molecule has 1 aromatic carbocycles. The minimum Gasteiger partial charge on any atom is -0.352 e. The number of thioether (sulfide) groups is 1. The molecular formula is C19H25FN4OS. The van der Waals surface area contributed by atoms with Crippen LogP contribution in [0.25, 0.3) is 11.4 Å². The second kappa shape index (κ2) is 8.66. The third-order valence-electron chi connectivity index (χ3n) is 4.79. The number of carbonyl (C=O) groups is 1. The lowest BCUT2D eigenvalue weighted by Gasteiger charge is -2.19. The molecule has 1 saturated carbocycles. The van der Waals surface area contributed by atoms with Gasteiger partial charge in [-0.2, -0.15) is 0 Å². The van der Waals surface area contributed by atoms with Crippen LogP contribution in [0.2, 0.25) is 0 Å². The Morgan fingerprint density at radius 2 is 1.85 bits per heavy atom. The van der Waals surface area contributed by atoms with Crippen molar-refractivity contribution in [1.29, 1.82) is 0 Å². The summed E-state index contributed by atoms with van der Waals surface area (Å²) in [5.74, 6) is 0.423. The molecule has 2 aromatic rings. The van der Waals surface area contributed by atoms with Crippen LogP contribution in [0.4, 0.5) is 4.39 Å². The first-order valence-electron chi connectivity index (χ1n) is 9.17. The highest BCUT2D eigenvalue weighted by atomic mass is 32.2. The van der Waals surface area contributed by atoms with E-state index in [1.165, 1.54) is 49.6 Å². The van der Waals surface area contributed by atoms with Crippen molar-refractivity contribution >= 4 is 17.7 Å². The van der Waals surface area contributed by atoms with E-state index in [2.05, 4.69) is 15.5 Å². The summed E-state index contributed by atoms with van der Waals surface area (Å²) in [5, 5.41) is 12.0. The number of rotatable bonds is 5. The third kappa shape index (κ3) is 4.63. The van der Waals surface area contributed by atoms with Gasteiger partial charge in [0.15, 0.2) is 11.0 Å². The van der Waals surface area contributed by atoms with Gasteiger partial charge in [-0.1, -0.05) is 37.4 Å². The Balaban J connectivity index is 1.63. The number of benzene rings is 1. The van der Waals surface area contributed by atoms with Crippen molar-refractivity contribution in [1.82, 2.24) is 20.1 Å². The predicted octanol–water partition coefficient (Wildman–Crippen LogP) is 3.94. The predicted molar refractivity (Wildman–Crippen MR) is 101 cm³/mol. The van der Waals surface area contributed by atoms with Crippen molar-refractivity contribution in [2.45, 2.75) is 61.9 Å². The average molecular weight is 377 g/mol. The molecule has 0 bridgehead atoms. The quantitative estimate of drug-likeness (QED) is 0.634. The summed E-state index contributed by atoms with van der Waals surface area (Å²) in [6, 6.07) is 6.45. The molecule has 7 heteroatoms. The molecule has 5 nitrogen and oxygen atoms in total. The standard InChI is InChI=1S/C19H25FN4OS/c1-13(18(25)21-16-7-5-3-4-6-8-16)26-19-23-22-17(24(19)2)14-9-11-15(20)12-10-14/h9-13,16H,3-8H2,1-2H3,(H,21,25)/t13-/m1/s1. The van der Waals surface area contributed by atoms with Gasteiger partial charge in [0.25, 0.3) is 0 Å². The summed E-state index contributed by atoms with van der Waals surface area (Å²) in [6.07, 6.45) is 7.06. The van der Waals surface area contributed by atoms with Gasteiger partial charge in [-0.05, 0) is 44.0 Å². The number of aromatic nitrogens is 3. The van der Waals surface area contributed by atoms with Crippen LogP contribution in [0.3, 0.4) is 0 Å². The zero-order chi connectivity index (χ0) is 18.5. The number of carbonyl (C=O) groups excluding carboxylic acids is 1. The van der Waals surface area contributed by atoms with E-state index in [4.69, 9.17) is 0 Å². The zero-order valence-corrected chi connectivity index (χ0v) is 16.1. The molecule has 0 unspecified atom stereocenters. The first-order chi connectivity index (χ1) is 12.5. The molecule has 3 rings (SSSR count). The van der Waals surface area contributed by atoms with E-state index < -0.39 is 0 Å². The lowest BCUT2D eigenvalue weighted by molar-refractivity contribution is -0.121. The van der Waals surface area contributed by atoms with Crippen LogP contribution in [0.1, 0.15) is 45.4 Å². The third-order valence-corrected chi connectivity index (χ3v) is 5.92. The van der Waals surface area contributed by atoms with Crippen molar-refractivity contribution in [2.75, 3.05) is 0 Å². The number of amides is 1. The Labute approximate surface area is 157 Å². The van der Waals surface area contributed by atoms with Crippen LogP contribution in [0.5, 0.6) is 0 Å². The highest BCUT2D eigenvalue weighted by molar-refractivity contribution is 8.00. The molecule has 1 aliphatic carbocycles. The zero-order valence-electron chi connectivity index (χ0n) is 15.2. The lowest BCUT2D eigenvalue weighted by atomic mass is 10.1.